The van der Waals surface area contributed by atoms with E-state index < -0.39 is 0 Å². The summed E-state index contributed by atoms with van der Waals surface area (Å²) in [5, 5.41) is 5.20. The van der Waals surface area contributed by atoms with Gasteiger partial charge in [0, 0.05) is 5.02 Å². The number of hydrogen-bond acceptors (Lipinski definition) is 6. The molecule has 1 aromatic carbocycles. The Kier molecular flexibility index (Phi) is 2.95. The van der Waals surface area contributed by atoms with E-state index in [0.717, 1.165) is 29.6 Å². The van der Waals surface area contributed by atoms with Gasteiger partial charge >= 0.3 is 0 Å². The number of nitrogens with zero attached hydrogens (tertiary/aromatic N) is 4. The Bertz CT molecular complexity index is 892. The molecule has 8 heteroatoms. The predicted octanol–water partition coefficient (Wildman–Crippen LogP) is 4.51. The van der Waals surface area contributed by atoms with E-state index in [0.29, 0.717) is 5.02 Å². The molecule has 0 fully saturated rings. The van der Waals surface area contributed by atoms with Crippen LogP contribution in [-0.2, 0) is 0 Å². The largest absolute Gasteiger partial charge is 0.229 e. The quantitative estimate of drug-likeness (QED) is 0.539. The summed E-state index contributed by atoms with van der Waals surface area (Å²) in [6.45, 7) is 1.96. The molecule has 0 bridgehead atoms. The number of fused-ring (bicyclic) bond motifs is 2. The molecule has 0 aliphatic heterocycles. The highest BCUT2D eigenvalue weighted by atomic mass is 35.5. The number of rotatable bonds is 2. The number of halogens is 1. The van der Waals surface area contributed by atoms with Gasteiger partial charge in [-0.15, -0.1) is 16.4 Å². The van der Waals surface area contributed by atoms with Crippen LogP contribution in [0.5, 0.6) is 0 Å². The molecule has 0 saturated heterocycles. The molecule has 0 radical (unpaired) electrons. The topological polar surface area (TPSA) is 43.1 Å². The first-order valence-electron chi connectivity index (χ1n) is 5.74. The number of aryl methyl sites for hydroxylation is 1. The zero-order valence-electron chi connectivity index (χ0n) is 10.2. The van der Waals surface area contributed by atoms with Crippen LogP contribution in [0.25, 0.3) is 15.2 Å². The SMILES string of the molecule is Cc1cn2nc(Sc3nc4cc(Cl)ccc4s3)sc2n1. The number of aromatic nitrogens is 4. The number of imidazole rings is 1. The van der Waals surface area contributed by atoms with Gasteiger partial charge in [0.2, 0.25) is 4.96 Å². The number of hydrogen-bond donors (Lipinski definition) is 0. The summed E-state index contributed by atoms with van der Waals surface area (Å²) in [5.74, 6) is 0. The van der Waals surface area contributed by atoms with Crippen LogP contribution in [0.2, 0.25) is 5.02 Å². The van der Waals surface area contributed by atoms with Crippen LogP contribution in [0.4, 0.5) is 0 Å². The molecular weight excluding hydrogens is 332 g/mol. The van der Waals surface area contributed by atoms with Crippen LogP contribution in [0.15, 0.2) is 33.1 Å². The molecule has 20 heavy (non-hydrogen) atoms. The maximum atomic E-state index is 5.98. The summed E-state index contributed by atoms with van der Waals surface area (Å²) >= 11 is 10.8. The standard InChI is InChI=1S/C12H7ClN4S3/c1-6-5-17-10(14-6)19-12(16-17)20-11-15-8-4-7(13)2-3-9(8)18-11/h2-5H,1H3. The van der Waals surface area contributed by atoms with E-state index in [2.05, 4.69) is 15.1 Å². The van der Waals surface area contributed by atoms with Gasteiger partial charge in [0.25, 0.3) is 0 Å². The van der Waals surface area contributed by atoms with Crippen molar-refractivity contribution < 1.29 is 0 Å². The molecule has 0 spiro atoms. The van der Waals surface area contributed by atoms with E-state index in [1.165, 1.54) is 0 Å². The monoisotopic (exact) mass is 338 g/mol. The minimum atomic E-state index is 0.711. The van der Waals surface area contributed by atoms with E-state index in [-0.39, 0.29) is 0 Å². The maximum Gasteiger partial charge on any atom is 0.213 e. The molecule has 3 aromatic heterocycles. The van der Waals surface area contributed by atoms with Gasteiger partial charge in [0.15, 0.2) is 8.68 Å². The minimum Gasteiger partial charge on any atom is -0.229 e. The van der Waals surface area contributed by atoms with Crippen molar-refractivity contribution in [3.05, 3.63) is 35.1 Å². The highest BCUT2D eigenvalue weighted by molar-refractivity contribution is 8.02. The Labute approximate surface area is 131 Å². The molecule has 4 aromatic rings. The lowest BCUT2D eigenvalue weighted by Crippen LogP contribution is -1.79. The Morgan fingerprint density at radius 1 is 1.20 bits per heavy atom. The van der Waals surface area contributed by atoms with Gasteiger partial charge < -0.3 is 0 Å². The van der Waals surface area contributed by atoms with E-state index in [9.17, 15) is 0 Å². The first kappa shape index (κ1) is 12.6. The average Bonchev–Trinajstić information content (AvgIpc) is 3.01. The molecule has 4 rings (SSSR count). The van der Waals surface area contributed by atoms with Gasteiger partial charge in [-0.2, -0.15) is 0 Å². The number of thiazole rings is 1. The third-order valence-corrected chi connectivity index (χ3v) is 5.96. The maximum absolute atomic E-state index is 5.98. The molecule has 0 aliphatic carbocycles. The molecule has 3 heterocycles. The lowest BCUT2D eigenvalue weighted by Gasteiger charge is -1.87. The Hall–Kier alpha value is -1.15. The third-order valence-electron chi connectivity index (χ3n) is 2.65. The lowest BCUT2D eigenvalue weighted by molar-refractivity contribution is 0.912. The highest BCUT2D eigenvalue weighted by Crippen LogP contribution is 2.36. The summed E-state index contributed by atoms with van der Waals surface area (Å²) in [5.41, 5.74) is 1.91. The molecule has 0 amide bonds. The Balaban J connectivity index is 1.70. The first-order chi connectivity index (χ1) is 9.67. The van der Waals surface area contributed by atoms with Crippen molar-refractivity contribution in [3.63, 3.8) is 0 Å². The van der Waals surface area contributed by atoms with Crippen LogP contribution >= 0.6 is 46.0 Å². The Morgan fingerprint density at radius 2 is 2.10 bits per heavy atom. The predicted molar refractivity (Wildman–Crippen MR) is 84.4 cm³/mol. The smallest absolute Gasteiger partial charge is 0.213 e. The molecule has 0 atom stereocenters. The van der Waals surface area contributed by atoms with Gasteiger partial charge in [-0.25, -0.2) is 14.5 Å². The average molecular weight is 339 g/mol. The first-order valence-corrected chi connectivity index (χ1v) is 8.57. The summed E-state index contributed by atoms with van der Waals surface area (Å²) in [7, 11) is 0. The van der Waals surface area contributed by atoms with Crippen LogP contribution in [0.3, 0.4) is 0 Å². The van der Waals surface area contributed by atoms with Crippen LogP contribution < -0.4 is 0 Å². The fourth-order valence-electron chi connectivity index (χ4n) is 1.83. The molecule has 0 N–H and O–H groups in total. The van der Waals surface area contributed by atoms with E-state index in [1.54, 1.807) is 34.4 Å². The van der Waals surface area contributed by atoms with Gasteiger partial charge in [-0.05, 0) is 36.9 Å². The van der Waals surface area contributed by atoms with Crippen molar-refractivity contribution in [1.82, 2.24) is 19.6 Å². The van der Waals surface area contributed by atoms with Gasteiger partial charge in [-0.1, -0.05) is 22.9 Å². The second kappa shape index (κ2) is 4.70. The molecule has 0 saturated carbocycles. The zero-order chi connectivity index (χ0) is 13.7. The van der Waals surface area contributed by atoms with Gasteiger partial charge in [-0.3, -0.25) is 0 Å². The summed E-state index contributed by atoms with van der Waals surface area (Å²) in [4.78, 5) is 9.89. The number of benzene rings is 1. The summed E-state index contributed by atoms with van der Waals surface area (Å²) in [6.07, 6.45) is 1.92. The van der Waals surface area contributed by atoms with Crippen LogP contribution in [0, 0.1) is 6.92 Å². The highest BCUT2D eigenvalue weighted by Gasteiger charge is 2.11. The molecule has 0 aliphatic rings. The molecule has 100 valence electrons. The fourth-order valence-corrected chi connectivity index (χ4v) is 5.22. The van der Waals surface area contributed by atoms with E-state index in [1.807, 2.05) is 35.8 Å². The van der Waals surface area contributed by atoms with Gasteiger partial charge in [0.1, 0.15) is 0 Å². The van der Waals surface area contributed by atoms with Crippen molar-refractivity contribution in [2.75, 3.05) is 0 Å². The van der Waals surface area contributed by atoms with Crippen molar-refractivity contribution in [2.45, 2.75) is 15.6 Å². The Morgan fingerprint density at radius 3 is 2.95 bits per heavy atom. The molecular formula is C12H7ClN4S3. The van der Waals surface area contributed by atoms with E-state index in [4.69, 9.17) is 11.6 Å². The van der Waals surface area contributed by atoms with Crippen molar-refractivity contribution in [1.29, 1.82) is 0 Å². The van der Waals surface area contributed by atoms with Crippen molar-refractivity contribution in [2.24, 2.45) is 0 Å². The van der Waals surface area contributed by atoms with E-state index >= 15 is 0 Å². The fraction of sp³-hybridized carbons (Fsp3) is 0.0833. The second-order valence-corrected chi connectivity index (χ2v) is 8.09. The molecule has 4 nitrogen and oxygen atoms in total. The summed E-state index contributed by atoms with van der Waals surface area (Å²) < 4.78 is 4.86. The lowest BCUT2D eigenvalue weighted by atomic mass is 10.3. The second-order valence-electron chi connectivity index (χ2n) is 4.17. The van der Waals surface area contributed by atoms with Crippen LogP contribution in [0.1, 0.15) is 5.69 Å². The van der Waals surface area contributed by atoms with Gasteiger partial charge in [0.05, 0.1) is 22.1 Å². The van der Waals surface area contributed by atoms with Crippen LogP contribution in [-0.4, -0.2) is 19.6 Å². The van der Waals surface area contributed by atoms with Crippen molar-refractivity contribution >= 4 is 61.2 Å². The third kappa shape index (κ3) is 2.20. The minimum absolute atomic E-state index is 0.711. The molecule has 0 unspecified atom stereocenters. The van der Waals surface area contributed by atoms with Crippen molar-refractivity contribution in [3.8, 4) is 0 Å². The summed E-state index contributed by atoms with van der Waals surface area (Å²) in [6, 6.07) is 5.77. The zero-order valence-corrected chi connectivity index (χ0v) is 13.4. The normalized spacial score (nSPS) is 11.7.